The zero-order chi connectivity index (χ0) is 23.3. The quantitative estimate of drug-likeness (QED) is 0.455. The van der Waals surface area contributed by atoms with Gasteiger partial charge in [-0.15, -0.1) is 0 Å². The summed E-state index contributed by atoms with van der Waals surface area (Å²) in [5.74, 6) is -1.85. The van der Waals surface area contributed by atoms with Gasteiger partial charge in [0.25, 0.3) is 11.8 Å². The van der Waals surface area contributed by atoms with E-state index < -0.39 is 36.1 Å². The minimum absolute atomic E-state index is 0.125. The molecule has 1 heterocycles. The normalized spacial score (nSPS) is 17.1. The van der Waals surface area contributed by atoms with Crippen LogP contribution in [0.1, 0.15) is 49.7 Å². The molecule has 1 aliphatic carbocycles. The van der Waals surface area contributed by atoms with E-state index in [1.165, 1.54) is 0 Å². The van der Waals surface area contributed by atoms with Crippen molar-refractivity contribution in [1.82, 2.24) is 15.5 Å². The van der Waals surface area contributed by atoms with E-state index in [0.717, 1.165) is 35.3 Å². The first-order chi connectivity index (χ1) is 15.2. The minimum atomic E-state index is -0.845. The summed E-state index contributed by atoms with van der Waals surface area (Å²) in [4.78, 5) is 61.7. The Hall–Kier alpha value is -3.43. The zero-order valence-electron chi connectivity index (χ0n) is 18.3. The molecule has 0 unspecified atom stereocenters. The third-order valence-corrected chi connectivity index (χ3v) is 5.96. The lowest BCUT2D eigenvalue weighted by Crippen LogP contribution is -2.48. The number of amides is 6. The molecule has 1 aliphatic heterocycles. The van der Waals surface area contributed by atoms with Crippen molar-refractivity contribution in [3.63, 3.8) is 0 Å². The number of esters is 1. The molecule has 0 radical (unpaired) electrons. The number of hydrogen-bond donors (Lipinski definition) is 3. The number of hydrogen-bond acceptors (Lipinski definition) is 6. The Labute approximate surface area is 186 Å². The molecule has 3 N–H and O–H groups in total. The second-order valence-electron chi connectivity index (χ2n) is 8.19. The lowest BCUT2D eigenvalue weighted by Gasteiger charge is -2.30. The Morgan fingerprint density at radius 1 is 1.12 bits per heavy atom. The van der Waals surface area contributed by atoms with Crippen molar-refractivity contribution in [3.8, 4) is 0 Å². The third kappa shape index (κ3) is 5.24. The van der Waals surface area contributed by atoms with Gasteiger partial charge >= 0.3 is 18.0 Å². The van der Waals surface area contributed by atoms with E-state index in [1.54, 1.807) is 12.1 Å². The maximum Gasteiger partial charge on any atom is 0.325 e. The molecule has 6 amide bonds. The van der Waals surface area contributed by atoms with Crippen LogP contribution in [0.2, 0.25) is 0 Å². The molecule has 1 spiro atoms. The van der Waals surface area contributed by atoms with Crippen molar-refractivity contribution >= 4 is 35.5 Å². The molecule has 3 rings (SSSR count). The van der Waals surface area contributed by atoms with Gasteiger partial charge in [0.05, 0.1) is 6.42 Å². The molecule has 10 heteroatoms. The van der Waals surface area contributed by atoms with Gasteiger partial charge in [0.15, 0.2) is 6.61 Å². The highest BCUT2D eigenvalue weighted by molar-refractivity contribution is 6.07. The Bertz CT molecular complexity index is 938. The van der Waals surface area contributed by atoms with Crippen LogP contribution in [0.5, 0.6) is 0 Å². The monoisotopic (exact) mass is 444 g/mol. The molecule has 1 aromatic carbocycles. The number of carbonyl (C=O) groups excluding carboxylic acids is 5. The highest BCUT2D eigenvalue weighted by atomic mass is 16.5. The summed E-state index contributed by atoms with van der Waals surface area (Å²) in [6.45, 7) is 2.97. The average Bonchev–Trinajstić information content (AvgIpc) is 2.97. The fraction of sp³-hybridized carbons (Fsp3) is 0.500. The first-order valence-electron chi connectivity index (χ1n) is 10.7. The predicted octanol–water partition coefficient (Wildman–Crippen LogP) is 2.14. The van der Waals surface area contributed by atoms with Crippen LogP contribution in [0.25, 0.3) is 0 Å². The molecule has 2 fully saturated rings. The van der Waals surface area contributed by atoms with Gasteiger partial charge in [0.2, 0.25) is 0 Å². The van der Waals surface area contributed by atoms with E-state index in [-0.39, 0.29) is 18.9 Å². The van der Waals surface area contributed by atoms with Crippen LogP contribution in [0.15, 0.2) is 18.2 Å². The fourth-order valence-corrected chi connectivity index (χ4v) is 4.00. The molecule has 0 aromatic heterocycles. The molecule has 1 saturated heterocycles. The predicted molar refractivity (Wildman–Crippen MR) is 115 cm³/mol. The van der Waals surface area contributed by atoms with Crippen LogP contribution in [0.4, 0.5) is 15.3 Å². The fourth-order valence-electron chi connectivity index (χ4n) is 4.00. The Morgan fingerprint density at radius 2 is 1.84 bits per heavy atom. The number of carbonyl (C=O) groups is 5. The number of imide groups is 2. The molecule has 1 saturated carbocycles. The van der Waals surface area contributed by atoms with Crippen LogP contribution in [-0.2, 0) is 19.1 Å². The third-order valence-electron chi connectivity index (χ3n) is 5.96. The number of nitrogens with zero attached hydrogens (tertiary/aromatic N) is 1. The molecule has 10 nitrogen and oxygen atoms in total. The van der Waals surface area contributed by atoms with Gasteiger partial charge in [-0.2, -0.15) is 0 Å². The van der Waals surface area contributed by atoms with Gasteiger partial charge in [0, 0.05) is 12.2 Å². The van der Waals surface area contributed by atoms with Crippen molar-refractivity contribution in [1.29, 1.82) is 0 Å². The lowest BCUT2D eigenvalue weighted by atomic mass is 9.82. The van der Waals surface area contributed by atoms with Gasteiger partial charge in [-0.3, -0.25) is 24.6 Å². The van der Waals surface area contributed by atoms with E-state index in [2.05, 4.69) is 16.0 Å². The van der Waals surface area contributed by atoms with E-state index in [1.807, 2.05) is 19.9 Å². The van der Waals surface area contributed by atoms with Crippen molar-refractivity contribution < 1.29 is 28.7 Å². The van der Waals surface area contributed by atoms with E-state index in [4.69, 9.17) is 4.74 Å². The van der Waals surface area contributed by atoms with Gasteiger partial charge in [-0.1, -0.05) is 31.4 Å². The van der Waals surface area contributed by atoms with Crippen LogP contribution in [0.3, 0.4) is 0 Å². The van der Waals surface area contributed by atoms with Crippen LogP contribution in [0, 0.1) is 13.8 Å². The van der Waals surface area contributed by atoms with Gasteiger partial charge in [-0.05, 0) is 43.9 Å². The lowest BCUT2D eigenvalue weighted by molar-refractivity contribution is -0.148. The summed E-state index contributed by atoms with van der Waals surface area (Å²) in [5.41, 5.74) is 1.58. The molecular weight excluding hydrogens is 416 g/mol. The summed E-state index contributed by atoms with van der Waals surface area (Å²) in [7, 11) is 0. The van der Waals surface area contributed by atoms with Gasteiger partial charge in [0.1, 0.15) is 5.54 Å². The highest BCUT2D eigenvalue weighted by Crippen LogP contribution is 2.33. The van der Waals surface area contributed by atoms with E-state index >= 15 is 0 Å². The largest absolute Gasteiger partial charge is 0.456 e. The van der Waals surface area contributed by atoms with Gasteiger partial charge in [-0.25, -0.2) is 9.59 Å². The van der Waals surface area contributed by atoms with Crippen molar-refractivity contribution in [2.75, 3.05) is 18.5 Å². The summed E-state index contributed by atoms with van der Waals surface area (Å²) in [6, 6.07) is 4.14. The molecule has 1 aromatic rings. The second kappa shape index (κ2) is 9.80. The Morgan fingerprint density at radius 3 is 2.56 bits per heavy atom. The molecule has 172 valence electrons. The van der Waals surface area contributed by atoms with Crippen LogP contribution < -0.4 is 16.0 Å². The number of nitrogens with one attached hydrogen (secondary N) is 3. The number of anilines is 1. The summed E-state index contributed by atoms with van der Waals surface area (Å²) in [6.07, 6.45) is 3.73. The highest BCUT2D eigenvalue weighted by Gasteiger charge is 2.51. The van der Waals surface area contributed by atoms with Crippen molar-refractivity contribution in [2.45, 2.75) is 57.9 Å². The maximum absolute atomic E-state index is 12.7. The standard InChI is InChI=1S/C22H28N4O6/c1-14-7-6-8-16(15(14)2)23-20(30)24-17(27)13-32-18(28)9-12-26-19(29)22(25-21(26)31)10-4-3-5-11-22/h6-8H,3-5,9-13H2,1-2H3,(H,25,31)(H2,23,24,27,30). The van der Waals surface area contributed by atoms with Crippen LogP contribution >= 0.6 is 0 Å². The topological polar surface area (TPSA) is 134 Å². The van der Waals surface area contributed by atoms with Crippen molar-refractivity contribution in [2.24, 2.45) is 0 Å². The van der Waals surface area contributed by atoms with Crippen molar-refractivity contribution in [3.05, 3.63) is 29.3 Å². The Balaban J connectivity index is 1.40. The van der Waals surface area contributed by atoms with Crippen LogP contribution in [-0.4, -0.2) is 53.4 Å². The smallest absolute Gasteiger partial charge is 0.325 e. The summed E-state index contributed by atoms with van der Waals surface area (Å²) < 4.78 is 4.86. The molecular formula is C22H28N4O6. The number of aryl methyl sites for hydroxylation is 1. The first kappa shape index (κ1) is 23.2. The van der Waals surface area contributed by atoms with E-state index in [9.17, 15) is 24.0 Å². The minimum Gasteiger partial charge on any atom is -0.456 e. The zero-order valence-corrected chi connectivity index (χ0v) is 18.3. The number of ether oxygens (including phenoxy) is 1. The SMILES string of the molecule is Cc1cccc(NC(=O)NC(=O)COC(=O)CCN2C(=O)NC3(CCCCC3)C2=O)c1C. The van der Waals surface area contributed by atoms with E-state index in [0.29, 0.717) is 18.5 Å². The number of rotatable bonds is 6. The number of benzene rings is 1. The Kier molecular flexibility index (Phi) is 7.12. The maximum atomic E-state index is 12.7. The first-order valence-corrected chi connectivity index (χ1v) is 10.7. The summed E-state index contributed by atoms with van der Waals surface area (Å²) >= 11 is 0. The number of urea groups is 2. The average molecular weight is 444 g/mol. The van der Waals surface area contributed by atoms with Gasteiger partial charge < -0.3 is 15.4 Å². The second-order valence-corrected chi connectivity index (χ2v) is 8.19. The molecule has 2 aliphatic rings. The molecule has 0 atom stereocenters. The molecule has 32 heavy (non-hydrogen) atoms. The molecule has 0 bridgehead atoms. The summed E-state index contributed by atoms with van der Waals surface area (Å²) in [5, 5.41) is 7.42.